The van der Waals surface area contributed by atoms with Crippen LogP contribution in [0.4, 0.5) is 5.69 Å². The molecule has 25 heavy (non-hydrogen) atoms. The fourth-order valence-corrected chi connectivity index (χ4v) is 2.17. The number of carboxylic acids is 1. The fourth-order valence-electron chi connectivity index (χ4n) is 2.17. The Hall–Kier alpha value is -3.02. The van der Waals surface area contributed by atoms with Gasteiger partial charge in [0.15, 0.2) is 12.7 Å². The first-order valence-electron chi connectivity index (χ1n) is 7.97. The summed E-state index contributed by atoms with van der Waals surface area (Å²) in [5.41, 5.74) is 1.55. The number of carbonyl (C=O) groups is 2. The first-order chi connectivity index (χ1) is 12.0. The number of aryl methyl sites for hydroxylation is 1. The minimum atomic E-state index is -1.04. The molecule has 0 aliphatic heterocycles. The van der Waals surface area contributed by atoms with Crippen molar-refractivity contribution in [3.05, 3.63) is 54.1 Å². The summed E-state index contributed by atoms with van der Waals surface area (Å²) < 4.78 is 10.9. The van der Waals surface area contributed by atoms with Crippen LogP contribution in [-0.4, -0.2) is 29.7 Å². The summed E-state index contributed by atoms with van der Waals surface area (Å²) >= 11 is 0. The van der Waals surface area contributed by atoms with Gasteiger partial charge in [0.2, 0.25) is 0 Å². The lowest BCUT2D eigenvalue weighted by molar-refractivity contribution is -0.139. The summed E-state index contributed by atoms with van der Waals surface area (Å²) in [6.07, 6.45) is -0.0796. The predicted molar refractivity (Wildman–Crippen MR) is 94.1 cm³/mol. The van der Waals surface area contributed by atoms with Crippen molar-refractivity contribution in [1.29, 1.82) is 0 Å². The van der Waals surface area contributed by atoms with Crippen LogP contribution in [0.15, 0.2) is 48.5 Å². The number of para-hydroxylation sites is 1. The topological polar surface area (TPSA) is 84.9 Å². The molecule has 2 rings (SSSR count). The van der Waals surface area contributed by atoms with E-state index in [1.54, 1.807) is 24.3 Å². The molecular weight excluding hydrogens is 322 g/mol. The van der Waals surface area contributed by atoms with Crippen molar-refractivity contribution >= 4 is 17.6 Å². The monoisotopic (exact) mass is 343 g/mol. The van der Waals surface area contributed by atoms with Crippen LogP contribution in [0, 0.1) is 6.92 Å². The van der Waals surface area contributed by atoms with Crippen molar-refractivity contribution in [3.8, 4) is 11.5 Å². The van der Waals surface area contributed by atoms with Gasteiger partial charge in [0.05, 0.1) is 0 Å². The van der Waals surface area contributed by atoms with Gasteiger partial charge >= 0.3 is 5.97 Å². The van der Waals surface area contributed by atoms with Gasteiger partial charge in [0.1, 0.15) is 11.5 Å². The number of carboxylic acid groups (broad SMARTS) is 1. The molecule has 0 aromatic heterocycles. The van der Waals surface area contributed by atoms with Crippen LogP contribution < -0.4 is 14.8 Å². The Labute approximate surface area is 146 Å². The molecule has 0 saturated carbocycles. The highest BCUT2D eigenvalue weighted by Gasteiger charge is 2.19. The molecule has 2 aromatic carbocycles. The number of aliphatic carboxylic acids is 1. The highest BCUT2D eigenvalue weighted by atomic mass is 16.5. The van der Waals surface area contributed by atoms with E-state index >= 15 is 0 Å². The number of ether oxygens (including phenoxy) is 2. The molecule has 0 spiro atoms. The van der Waals surface area contributed by atoms with Gasteiger partial charge in [-0.2, -0.15) is 0 Å². The third-order valence-corrected chi connectivity index (χ3v) is 3.51. The van der Waals surface area contributed by atoms with Gasteiger partial charge < -0.3 is 19.9 Å². The van der Waals surface area contributed by atoms with Crippen molar-refractivity contribution in [2.75, 3.05) is 11.9 Å². The van der Waals surface area contributed by atoms with Gasteiger partial charge in [-0.3, -0.25) is 4.79 Å². The molecule has 0 aliphatic rings. The molecule has 1 amide bonds. The molecule has 1 unspecified atom stereocenters. The predicted octanol–water partition coefficient (Wildman–Crippen LogP) is 3.25. The Kier molecular flexibility index (Phi) is 6.39. The molecule has 6 nitrogen and oxygen atoms in total. The van der Waals surface area contributed by atoms with Crippen molar-refractivity contribution in [3.63, 3.8) is 0 Å². The lowest BCUT2D eigenvalue weighted by atomic mass is 10.2. The number of benzene rings is 2. The maximum Gasteiger partial charge on any atom is 0.341 e. The zero-order valence-corrected chi connectivity index (χ0v) is 14.2. The normalized spacial score (nSPS) is 11.4. The van der Waals surface area contributed by atoms with Gasteiger partial charge in [0, 0.05) is 5.69 Å². The summed E-state index contributed by atoms with van der Waals surface area (Å²) in [5, 5.41) is 11.4. The van der Waals surface area contributed by atoms with Crippen LogP contribution in [0.2, 0.25) is 0 Å². The average molecular weight is 343 g/mol. The zero-order valence-electron chi connectivity index (χ0n) is 14.2. The van der Waals surface area contributed by atoms with Crippen molar-refractivity contribution in [2.45, 2.75) is 26.4 Å². The summed E-state index contributed by atoms with van der Waals surface area (Å²) in [6.45, 7) is 3.40. The van der Waals surface area contributed by atoms with Crippen LogP contribution >= 0.6 is 0 Å². The summed E-state index contributed by atoms with van der Waals surface area (Å²) in [4.78, 5) is 22.9. The molecular formula is C19H21NO5. The lowest BCUT2D eigenvalue weighted by Crippen LogP contribution is -2.32. The molecule has 0 heterocycles. The second-order valence-corrected chi connectivity index (χ2v) is 5.48. The number of rotatable bonds is 8. The Morgan fingerprint density at radius 2 is 1.80 bits per heavy atom. The number of anilines is 1. The van der Waals surface area contributed by atoms with Gasteiger partial charge in [-0.15, -0.1) is 0 Å². The van der Waals surface area contributed by atoms with E-state index in [1.165, 1.54) is 0 Å². The molecule has 0 fully saturated rings. The first kappa shape index (κ1) is 18.3. The SMILES string of the molecule is CCC(Oc1ccccc1C)C(=O)Nc1ccc(OCC(=O)O)cc1. The maximum atomic E-state index is 12.4. The molecule has 132 valence electrons. The van der Waals surface area contributed by atoms with E-state index in [2.05, 4.69) is 5.32 Å². The van der Waals surface area contributed by atoms with Crippen LogP contribution in [0.25, 0.3) is 0 Å². The Bertz CT molecular complexity index is 727. The summed E-state index contributed by atoms with van der Waals surface area (Å²) in [7, 11) is 0. The van der Waals surface area contributed by atoms with Gasteiger partial charge in [-0.1, -0.05) is 25.1 Å². The molecule has 0 bridgehead atoms. The van der Waals surface area contributed by atoms with Gasteiger partial charge in [0.25, 0.3) is 5.91 Å². The van der Waals surface area contributed by atoms with E-state index in [1.807, 2.05) is 38.1 Å². The maximum absolute atomic E-state index is 12.4. The number of hydrogen-bond donors (Lipinski definition) is 2. The lowest BCUT2D eigenvalue weighted by Gasteiger charge is -2.18. The molecule has 0 saturated heterocycles. The highest BCUT2D eigenvalue weighted by Crippen LogP contribution is 2.20. The van der Waals surface area contributed by atoms with E-state index in [-0.39, 0.29) is 5.91 Å². The van der Waals surface area contributed by atoms with E-state index in [9.17, 15) is 9.59 Å². The Balaban J connectivity index is 1.97. The van der Waals surface area contributed by atoms with Crippen molar-refractivity contribution < 1.29 is 24.2 Å². The second-order valence-electron chi connectivity index (χ2n) is 5.48. The van der Waals surface area contributed by atoms with E-state index in [0.29, 0.717) is 23.6 Å². The smallest absolute Gasteiger partial charge is 0.341 e. The number of amides is 1. The minimum Gasteiger partial charge on any atom is -0.482 e. The van der Waals surface area contributed by atoms with E-state index in [4.69, 9.17) is 14.6 Å². The van der Waals surface area contributed by atoms with Gasteiger partial charge in [-0.05, 0) is 49.2 Å². The minimum absolute atomic E-state index is 0.245. The van der Waals surface area contributed by atoms with Crippen LogP contribution in [-0.2, 0) is 9.59 Å². The third-order valence-electron chi connectivity index (χ3n) is 3.51. The van der Waals surface area contributed by atoms with Crippen LogP contribution in [0.1, 0.15) is 18.9 Å². The largest absolute Gasteiger partial charge is 0.482 e. The standard InChI is InChI=1S/C19H21NO5/c1-3-16(25-17-7-5-4-6-13(17)2)19(23)20-14-8-10-15(11-9-14)24-12-18(21)22/h4-11,16H,3,12H2,1-2H3,(H,20,23)(H,21,22). The molecule has 0 radical (unpaired) electrons. The van der Waals surface area contributed by atoms with E-state index in [0.717, 1.165) is 5.56 Å². The number of nitrogens with one attached hydrogen (secondary N) is 1. The zero-order chi connectivity index (χ0) is 18.2. The van der Waals surface area contributed by atoms with Crippen LogP contribution in [0.5, 0.6) is 11.5 Å². The summed E-state index contributed by atoms with van der Waals surface area (Å²) in [6, 6.07) is 14.0. The molecule has 2 N–H and O–H groups in total. The third kappa shape index (κ3) is 5.53. The Morgan fingerprint density at radius 1 is 1.12 bits per heavy atom. The quantitative estimate of drug-likeness (QED) is 0.768. The Morgan fingerprint density at radius 3 is 2.40 bits per heavy atom. The molecule has 1 atom stereocenters. The van der Waals surface area contributed by atoms with Crippen molar-refractivity contribution in [2.24, 2.45) is 0 Å². The number of hydrogen-bond acceptors (Lipinski definition) is 4. The molecule has 2 aromatic rings. The highest BCUT2D eigenvalue weighted by molar-refractivity contribution is 5.94. The second kappa shape index (κ2) is 8.73. The number of carbonyl (C=O) groups excluding carboxylic acids is 1. The average Bonchev–Trinajstić information content (AvgIpc) is 2.60. The first-order valence-corrected chi connectivity index (χ1v) is 7.97. The molecule has 6 heteroatoms. The van der Waals surface area contributed by atoms with E-state index < -0.39 is 18.7 Å². The molecule has 0 aliphatic carbocycles. The van der Waals surface area contributed by atoms with Crippen LogP contribution in [0.3, 0.4) is 0 Å². The van der Waals surface area contributed by atoms with Crippen molar-refractivity contribution in [1.82, 2.24) is 0 Å². The fraction of sp³-hybridized carbons (Fsp3) is 0.263. The summed E-state index contributed by atoms with van der Waals surface area (Å²) in [5.74, 6) is -0.188. The van der Waals surface area contributed by atoms with Gasteiger partial charge in [-0.25, -0.2) is 4.79 Å².